The van der Waals surface area contributed by atoms with Gasteiger partial charge in [0.1, 0.15) is 18.7 Å². The van der Waals surface area contributed by atoms with Crippen molar-refractivity contribution in [3.63, 3.8) is 0 Å². The summed E-state index contributed by atoms with van der Waals surface area (Å²) < 4.78 is 4.54. The van der Waals surface area contributed by atoms with Gasteiger partial charge in [0.2, 0.25) is 17.7 Å². The van der Waals surface area contributed by atoms with Crippen LogP contribution in [0.1, 0.15) is 90.2 Å². The predicted octanol–water partition coefficient (Wildman–Crippen LogP) is 4.58. The lowest BCUT2D eigenvalue weighted by atomic mass is 10.0. The Bertz CT molecular complexity index is 1460. The number of aromatic nitrogens is 2. The Morgan fingerprint density at radius 3 is 2.24 bits per heavy atom. The Morgan fingerprint density at radius 1 is 0.960 bits per heavy atom. The number of nitrogens with two attached hydrogens (primary N) is 1. The molecule has 2 unspecified atom stereocenters. The van der Waals surface area contributed by atoms with Crippen molar-refractivity contribution in [1.29, 1.82) is 0 Å². The van der Waals surface area contributed by atoms with E-state index in [0.29, 0.717) is 42.2 Å². The number of unbranched alkanes of at least 4 members (excludes halogenated alkanes) is 2. The zero-order valence-corrected chi connectivity index (χ0v) is 29.9. The number of ether oxygens (including phenoxy) is 1. The quantitative estimate of drug-likeness (QED) is 0.0370. The Kier molecular flexibility index (Phi) is 18.8. The smallest absolute Gasteiger partial charge is 0.450 e. The summed E-state index contributed by atoms with van der Waals surface area (Å²) in [5.74, 6) is 4.57. The fourth-order valence-corrected chi connectivity index (χ4v) is 5.46. The molecule has 0 saturated heterocycles. The van der Waals surface area contributed by atoms with Crippen molar-refractivity contribution in [3.05, 3.63) is 47.8 Å². The Hall–Kier alpha value is -4.84. The lowest BCUT2D eigenvalue weighted by Crippen LogP contribution is -2.54. The fourth-order valence-electron chi connectivity index (χ4n) is 4.60. The minimum absolute atomic E-state index is 0.144. The predicted molar refractivity (Wildman–Crippen MR) is 191 cm³/mol. The summed E-state index contributed by atoms with van der Waals surface area (Å²) in [6.07, 6.45) is 6.74. The average molecular weight is 712 g/mol. The highest BCUT2D eigenvalue weighted by Gasteiger charge is 2.28. The van der Waals surface area contributed by atoms with E-state index in [1.54, 1.807) is 62.3 Å². The Morgan fingerprint density at radius 2 is 1.64 bits per heavy atom. The van der Waals surface area contributed by atoms with Gasteiger partial charge in [-0.25, -0.2) is 19.6 Å². The molecule has 14 nitrogen and oxygen atoms in total. The van der Waals surface area contributed by atoms with Crippen LogP contribution in [-0.4, -0.2) is 68.9 Å². The summed E-state index contributed by atoms with van der Waals surface area (Å²) in [6.45, 7) is 7.94. The molecule has 0 spiro atoms. The van der Waals surface area contributed by atoms with Gasteiger partial charge in [0, 0.05) is 42.7 Å². The van der Waals surface area contributed by atoms with Gasteiger partial charge >= 0.3 is 12.2 Å². The molecule has 5 amide bonds. The second-order valence-electron chi connectivity index (χ2n) is 11.8. The first kappa shape index (κ1) is 41.3. The molecule has 0 fully saturated rings. The van der Waals surface area contributed by atoms with Gasteiger partial charge in [-0.1, -0.05) is 63.4 Å². The molecule has 272 valence electrons. The summed E-state index contributed by atoms with van der Waals surface area (Å²) in [5.41, 5.74) is 6.87. The van der Waals surface area contributed by atoms with Crippen molar-refractivity contribution in [1.82, 2.24) is 25.9 Å². The number of carbonyl (C=O) groups is 5. The molecule has 0 aliphatic rings. The highest BCUT2D eigenvalue weighted by atomic mass is 32.2. The van der Waals surface area contributed by atoms with Crippen LogP contribution >= 0.6 is 11.8 Å². The van der Waals surface area contributed by atoms with E-state index in [4.69, 9.17) is 10.8 Å². The monoisotopic (exact) mass is 711 g/mol. The summed E-state index contributed by atoms with van der Waals surface area (Å²) >= 11 is 1.67. The standard InChI is InChI=1S/C35H49N7O7S/c1-5-27(6-2)50-34-38-20-25(21-39-34)12-9-7-8-10-14-29(43)42-30(23(3)4)32(45)41-28(13-11-19-37-33(36)46)31(44)40-26-17-15-24(16-18-26)22-49-35(47)48/h15-18,20-21,23,27-28,30H,5-8,10-11,13-14,19,22H2,1-4H3,(H,40,44)(H,41,45)(H,42,43)(H,47,48)(H3,36,37,46). The molecule has 2 rings (SSSR count). The fraction of sp³-hybridized carbons (Fsp3) is 0.514. The molecular weight excluding hydrogens is 662 g/mol. The number of urea groups is 1. The molecule has 0 aliphatic heterocycles. The van der Waals surface area contributed by atoms with Crippen LogP contribution < -0.4 is 27.0 Å². The summed E-state index contributed by atoms with van der Waals surface area (Å²) in [5, 5.41) is 20.7. The minimum Gasteiger partial charge on any atom is -0.450 e. The number of nitrogens with zero attached hydrogens (tertiary/aromatic N) is 2. The highest BCUT2D eigenvalue weighted by molar-refractivity contribution is 7.99. The van der Waals surface area contributed by atoms with Crippen molar-refractivity contribution in [2.24, 2.45) is 11.7 Å². The van der Waals surface area contributed by atoms with Gasteiger partial charge in [-0.2, -0.15) is 0 Å². The molecule has 0 bridgehead atoms. The molecule has 50 heavy (non-hydrogen) atoms. The number of benzene rings is 1. The molecule has 0 radical (unpaired) electrons. The van der Waals surface area contributed by atoms with Gasteiger partial charge in [0.25, 0.3) is 0 Å². The van der Waals surface area contributed by atoms with Gasteiger partial charge < -0.3 is 36.8 Å². The van der Waals surface area contributed by atoms with E-state index in [-0.39, 0.29) is 37.8 Å². The number of hydrogen-bond acceptors (Lipinski definition) is 9. The third-order valence-corrected chi connectivity index (χ3v) is 8.87. The molecule has 7 N–H and O–H groups in total. The second-order valence-corrected chi connectivity index (χ2v) is 13.1. The Balaban J connectivity index is 1.91. The highest BCUT2D eigenvalue weighted by Crippen LogP contribution is 2.23. The lowest BCUT2D eigenvalue weighted by Gasteiger charge is -2.25. The Labute approximate surface area is 297 Å². The van der Waals surface area contributed by atoms with Crippen molar-refractivity contribution in [3.8, 4) is 11.8 Å². The molecular formula is C35H49N7O7S. The van der Waals surface area contributed by atoms with Crippen LogP contribution in [-0.2, 0) is 25.7 Å². The molecule has 0 aliphatic carbocycles. The average Bonchev–Trinajstić information content (AvgIpc) is 3.08. The minimum atomic E-state index is -1.40. The van der Waals surface area contributed by atoms with Crippen LogP contribution in [0.4, 0.5) is 15.3 Å². The van der Waals surface area contributed by atoms with Crippen LogP contribution in [0.25, 0.3) is 0 Å². The molecule has 0 saturated carbocycles. The van der Waals surface area contributed by atoms with Crippen molar-refractivity contribution in [2.75, 3.05) is 11.9 Å². The van der Waals surface area contributed by atoms with Crippen LogP contribution in [0, 0.1) is 17.8 Å². The zero-order valence-electron chi connectivity index (χ0n) is 29.1. The summed E-state index contributed by atoms with van der Waals surface area (Å²) in [7, 11) is 0. The molecule has 2 aromatic rings. The van der Waals surface area contributed by atoms with Gasteiger partial charge in [-0.15, -0.1) is 0 Å². The maximum atomic E-state index is 13.4. The topological polar surface area (TPSA) is 215 Å². The number of amides is 5. The van der Waals surface area contributed by atoms with Crippen molar-refractivity contribution in [2.45, 2.75) is 108 Å². The van der Waals surface area contributed by atoms with E-state index in [0.717, 1.165) is 23.6 Å². The maximum absolute atomic E-state index is 13.4. The number of hydrogen-bond donors (Lipinski definition) is 6. The number of nitrogens with one attached hydrogen (secondary N) is 4. The van der Waals surface area contributed by atoms with E-state index < -0.39 is 36.1 Å². The number of anilines is 1. The second kappa shape index (κ2) is 22.7. The summed E-state index contributed by atoms with van der Waals surface area (Å²) in [4.78, 5) is 69.9. The van der Waals surface area contributed by atoms with E-state index in [1.807, 2.05) is 0 Å². The van der Waals surface area contributed by atoms with Crippen molar-refractivity contribution < 1.29 is 33.8 Å². The van der Waals surface area contributed by atoms with Gasteiger partial charge in [-0.3, -0.25) is 14.4 Å². The number of carboxylic acid groups (broad SMARTS) is 1. The van der Waals surface area contributed by atoms with E-state index in [2.05, 4.69) is 61.7 Å². The third kappa shape index (κ3) is 16.5. The van der Waals surface area contributed by atoms with Gasteiger partial charge in [0.15, 0.2) is 5.16 Å². The number of carbonyl (C=O) groups excluding carboxylic acids is 4. The third-order valence-electron chi connectivity index (χ3n) is 7.45. The lowest BCUT2D eigenvalue weighted by molar-refractivity contribution is -0.132. The van der Waals surface area contributed by atoms with Gasteiger partial charge in [0.05, 0.1) is 5.56 Å². The number of rotatable bonds is 20. The van der Waals surface area contributed by atoms with Crippen LogP contribution in [0.3, 0.4) is 0 Å². The van der Waals surface area contributed by atoms with Crippen molar-refractivity contribution >= 4 is 47.4 Å². The zero-order chi connectivity index (χ0) is 36.9. The largest absolute Gasteiger partial charge is 0.506 e. The first-order chi connectivity index (χ1) is 23.9. The molecule has 15 heteroatoms. The number of thioether (sulfide) groups is 1. The van der Waals surface area contributed by atoms with E-state index in [9.17, 15) is 24.0 Å². The van der Waals surface area contributed by atoms with Gasteiger partial charge in [-0.05, 0) is 62.1 Å². The SMILES string of the molecule is CCC(CC)Sc1ncc(C#CCCCCC(=O)NC(C(=O)NC(CCCNC(N)=O)C(=O)Nc2ccc(COC(=O)O)cc2)C(C)C)cn1. The first-order valence-corrected chi connectivity index (χ1v) is 17.7. The van der Waals surface area contributed by atoms with E-state index in [1.165, 1.54) is 0 Å². The normalized spacial score (nSPS) is 11.9. The number of primary amides is 1. The summed E-state index contributed by atoms with van der Waals surface area (Å²) in [6, 6.07) is 3.77. The molecule has 2 atom stereocenters. The van der Waals surface area contributed by atoms with E-state index >= 15 is 0 Å². The first-order valence-electron chi connectivity index (χ1n) is 16.8. The molecule has 1 aromatic carbocycles. The maximum Gasteiger partial charge on any atom is 0.506 e. The molecule has 1 aromatic heterocycles. The van der Waals surface area contributed by atoms with Crippen LogP contribution in [0.2, 0.25) is 0 Å². The molecule has 1 heterocycles. The van der Waals surface area contributed by atoms with Crippen LogP contribution in [0.5, 0.6) is 0 Å². The van der Waals surface area contributed by atoms with Crippen LogP contribution in [0.15, 0.2) is 41.8 Å².